The summed E-state index contributed by atoms with van der Waals surface area (Å²) in [5, 5.41) is 3.25. The Morgan fingerprint density at radius 3 is 2.35 bits per heavy atom. The van der Waals surface area contributed by atoms with Crippen LogP contribution in [0, 0.1) is 11.6 Å². The van der Waals surface area contributed by atoms with Gasteiger partial charge in [0, 0.05) is 41.0 Å². The van der Waals surface area contributed by atoms with Crippen LogP contribution in [0.25, 0.3) is 0 Å². The van der Waals surface area contributed by atoms with E-state index < -0.39 is 22.4 Å². The molecular formula is C12H15F2NOS. The average Bonchev–Trinajstić information content (AvgIpc) is 2.27. The summed E-state index contributed by atoms with van der Waals surface area (Å²) < 4.78 is 37.0. The molecule has 0 saturated carbocycles. The summed E-state index contributed by atoms with van der Waals surface area (Å²) in [4.78, 5) is 0. The smallest absolute Gasteiger partial charge is 0.126 e. The Hall–Kier alpha value is -0.810. The molecule has 0 unspecified atom stereocenters. The zero-order valence-corrected chi connectivity index (χ0v) is 10.2. The lowest BCUT2D eigenvalue weighted by molar-refractivity contribution is 0.473. The van der Waals surface area contributed by atoms with Crippen LogP contribution in [0.2, 0.25) is 0 Å². The first-order valence-corrected chi connectivity index (χ1v) is 7.15. The molecule has 1 fully saturated rings. The maximum absolute atomic E-state index is 12.9. The van der Waals surface area contributed by atoms with Gasteiger partial charge in [0.1, 0.15) is 11.6 Å². The van der Waals surface area contributed by atoms with Crippen LogP contribution < -0.4 is 5.32 Å². The molecule has 5 heteroatoms. The topological polar surface area (TPSA) is 29.1 Å². The standard InChI is InChI=1S/C12H15F2NOS/c13-10-5-9(6-11(14)7-10)8-15-12-1-3-17(16)4-2-12/h5-7,12,15H,1-4,8H2. The van der Waals surface area contributed by atoms with Gasteiger partial charge in [0.2, 0.25) is 0 Å². The molecule has 17 heavy (non-hydrogen) atoms. The average molecular weight is 259 g/mol. The highest BCUT2D eigenvalue weighted by molar-refractivity contribution is 7.85. The summed E-state index contributed by atoms with van der Waals surface area (Å²) in [5.41, 5.74) is 0.606. The number of benzene rings is 1. The number of rotatable bonds is 3. The number of nitrogens with one attached hydrogen (secondary N) is 1. The predicted molar refractivity (Wildman–Crippen MR) is 64.1 cm³/mol. The molecule has 0 amide bonds. The van der Waals surface area contributed by atoms with Crippen LogP contribution in [0.5, 0.6) is 0 Å². The highest BCUT2D eigenvalue weighted by atomic mass is 32.2. The van der Waals surface area contributed by atoms with E-state index in [4.69, 9.17) is 0 Å². The molecule has 2 nitrogen and oxygen atoms in total. The van der Waals surface area contributed by atoms with Crippen LogP contribution in [-0.2, 0) is 17.3 Å². The van der Waals surface area contributed by atoms with E-state index in [0.29, 0.717) is 18.2 Å². The van der Waals surface area contributed by atoms with Gasteiger partial charge in [-0.15, -0.1) is 0 Å². The normalized spacial score (nSPS) is 24.8. The summed E-state index contributed by atoms with van der Waals surface area (Å²) >= 11 is 0. The number of hydrogen-bond donors (Lipinski definition) is 1. The molecule has 0 bridgehead atoms. The first kappa shape index (κ1) is 12.6. The van der Waals surface area contributed by atoms with Crippen molar-refractivity contribution < 1.29 is 13.0 Å². The van der Waals surface area contributed by atoms with Crippen molar-refractivity contribution in [2.75, 3.05) is 11.5 Å². The van der Waals surface area contributed by atoms with Gasteiger partial charge in [-0.2, -0.15) is 0 Å². The minimum absolute atomic E-state index is 0.305. The highest BCUT2D eigenvalue weighted by Gasteiger charge is 2.17. The van der Waals surface area contributed by atoms with E-state index in [9.17, 15) is 13.0 Å². The summed E-state index contributed by atoms with van der Waals surface area (Å²) in [7, 11) is -0.676. The van der Waals surface area contributed by atoms with E-state index in [2.05, 4.69) is 5.32 Å². The van der Waals surface area contributed by atoms with Crippen LogP contribution in [0.3, 0.4) is 0 Å². The second kappa shape index (κ2) is 5.69. The van der Waals surface area contributed by atoms with Crippen molar-refractivity contribution in [2.45, 2.75) is 25.4 Å². The van der Waals surface area contributed by atoms with Crippen LogP contribution in [-0.4, -0.2) is 21.8 Å². The molecule has 0 spiro atoms. The summed E-state index contributed by atoms with van der Waals surface area (Å²) in [6.07, 6.45) is 1.73. The highest BCUT2D eigenvalue weighted by Crippen LogP contribution is 2.12. The first-order chi connectivity index (χ1) is 8.13. The summed E-state index contributed by atoms with van der Waals surface area (Å²) in [6.45, 7) is 0.450. The van der Waals surface area contributed by atoms with Crippen molar-refractivity contribution >= 4 is 10.8 Å². The zero-order chi connectivity index (χ0) is 12.3. The van der Waals surface area contributed by atoms with Crippen molar-refractivity contribution in [1.29, 1.82) is 0 Å². The molecule has 2 rings (SSSR count). The van der Waals surface area contributed by atoms with E-state index in [0.717, 1.165) is 30.4 Å². The fourth-order valence-corrected chi connectivity index (χ4v) is 3.27. The zero-order valence-electron chi connectivity index (χ0n) is 9.42. The Morgan fingerprint density at radius 1 is 1.18 bits per heavy atom. The quantitative estimate of drug-likeness (QED) is 0.899. The van der Waals surface area contributed by atoms with E-state index in [1.807, 2.05) is 0 Å². The molecule has 1 heterocycles. The third kappa shape index (κ3) is 3.85. The molecule has 0 aromatic heterocycles. The Balaban J connectivity index is 1.87. The van der Waals surface area contributed by atoms with E-state index in [1.54, 1.807) is 0 Å². The second-order valence-electron chi connectivity index (χ2n) is 4.28. The number of hydrogen-bond acceptors (Lipinski definition) is 2. The van der Waals surface area contributed by atoms with Gasteiger partial charge in [-0.25, -0.2) is 8.78 Å². The van der Waals surface area contributed by atoms with Gasteiger partial charge in [0.25, 0.3) is 0 Å². The van der Waals surface area contributed by atoms with Crippen molar-refractivity contribution in [1.82, 2.24) is 5.32 Å². The van der Waals surface area contributed by atoms with E-state index in [-0.39, 0.29) is 0 Å². The van der Waals surface area contributed by atoms with Gasteiger partial charge in [0.05, 0.1) is 0 Å². The summed E-state index contributed by atoms with van der Waals surface area (Å²) in [6, 6.07) is 3.83. The molecule has 94 valence electrons. The minimum Gasteiger partial charge on any atom is -0.310 e. The van der Waals surface area contributed by atoms with Crippen LogP contribution in [0.1, 0.15) is 18.4 Å². The third-order valence-corrected chi connectivity index (χ3v) is 4.29. The SMILES string of the molecule is O=S1CCC(NCc2cc(F)cc(F)c2)CC1. The van der Waals surface area contributed by atoms with Gasteiger partial charge in [0.15, 0.2) is 0 Å². The van der Waals surface area contributed by atoms with Crippen LogP contribution >= 0.6 is 0 Å². The number of halogens is 2. The molecule has 0 radical (unpaired) electrons. The molecule has 0 atom stereocenters. The Bertz CT molecular complexity index is 395. The molecule has 1 aromatic carbocycles. The largest absolute Gasteiger partial charge is 0.310 e. The van der Waals surface area contributed by atoms with Crippen LogP contribution in [0.4, 0.5) is 8.78 Å². The summed E-state index contributed by atoms with van der Waals surface area (Å²) in [5.74, 6) is 0.336. The van der Waals surface area contributed by atoms with Gasteiger partial charge in [-0.3, -0.25) is 4.21 Å². The molecule has 1 saturated heterocycles. The molecule has 1 aliphatic heterocycles. The lowest BCUT2D eigenvalue weighted by Gasteiger charge is -2.22. The monoisotopic (exact) mass is 259 g/mol. The Morgan fingerprint density at radius 2 is 1.76 bits per heavy atom. The first-order valence-electron chi connectivity index (χ1n) is 5.67. The van der Waals surface area contributed by atoms with Crippen molar-refractivity contribution in [3.05, 3.63) is 35.4 Å². The molecule has 1 N–H and O–H groups in total. The fourth-order valence-electron chi connectivity index (χ4n) is 1.97. The minimum atomic E-state index is -0.676. The molecule has 1 aliphatic rings. The predicted octanol–water partition coefficient (Wildman–Crippen LogP) is 1.97. The van der Waals surface area contributed by atoms with Crippen molar-refractivity contribution in [3.8, 4) is 0 Å². The van der Waals surface area contributed by atoms with E-state index >= 15 is 0 Å². The maximum Gasteiger partial charge on any atom is 0.126 e. The van der Waals surface area contributed by atoms with Crippen molar-refractivity contribution in [2.24, 2.45) is 0 Å². The maximum atomic E-state index is 12.9. The van der Waals surface area contributed by atoms with Gasteiger partial charge < -0.3 is 5.32 Å². The van der Waals surface area contributed by atoms with Crippen LogP contribution in [0.15, 0.2) is 18.2 Å². The molecule has 0 aliphatic carbocycles. The fraction of sp³-hybridized carbons (Fsp3) is 0.500. The second-order valence-corrected chi connectivity index (χ2v) is 5.98. The van der Waals surface area contributed by atoms with Gasteiger partial charge >= 0.3 is 0 Å². The Kier molecular flexibility index (Phi) is 4.23. The lowest BCUT2D eigenvalue weighted by atomic mass is 10.1. The van der Waals surface area contributed by atoms with Crippen molar-refractivity contribution in [3.63, 3.8) is 0 Å². The molecular weight excluding hydrogens is 244 g/mol. The van der Waals surface area contributed by atoms with Gasteiger partial charge in [-0.05, 0) is 30.5 Å². The third-order valence-electron chi connectivity index (χ3n) is 2.91. The molecule has 1 aromatic rings. The Labute approximate surface area is 102 Å². The lowest BCUT2D eigenvalue weighted by Crippen LogP contribution is -2.35. The van der Waals surface area contributed by atoms with E-state index in [1.165, 1.54) is 12.1 Å². The van der Waals surface area contributed by atoms with Gasteiger partial charge in [-0.1, -0.05) is 0 Å².